The molecule has 0 bridgehead atoms. The standard InChI is InChI=1S/C10H10N2O3/c1-7-3-2-4-8(11-7)12-9(13)5-6-10(14)15/h2-6H,1H3,(H,14,15)(H,11,12,13). The van der Waals surface area contributed by atoms with E-state index in [0.29, 0.717) is 5.82 Å². The van der Waals surface area contributed by atoms with Crippen molar-refractivity contribution < 1.29 is 14.7 Å². The molecule has 15 heavy (non-hydrogen) atoms. The lowest BCUT2D eigenvalue weighted by atomic mass is 10.3. The number of rotatable bonds is 3. The summed E-state index contributed by atoms with van der Waals surface area (Å²) in [7, 11) is 0. The van der Waals surface area contributed by atoms with E-state index in [1.807, 2.05) is 0 Å². The molecule has 1 rings (SSSR count). The van der Waals surface area contributed by atoms with Crippen LogP contribution in [-0.4, -0.2) is 22.0 Å². The van der Waals surface area contributed by atoms with E-state index in [4.69, 9.17) is 5.11 Å². The van der Waals surface area contributed by atoms with Gasteiger partial charge in [-0.3, -0.25) is 4.79 Å². The quantitative estimate of drug-likeness (QED) is 0.722. The normalized spacial score (nSPS) is 10.2. The van der Waals surface area contributed by atoms with Gasteiger partial charge in [0.25, 0.3) is 0 Å². The van der Waals surface area contributed by atoms with Crippen molar-refractivity contribution in [2.75, 3.05) is 5.32 Å². The Morgan fingerprint density at radius 1 is 1.40 bits per heavy atom. The van der Waals surface area contributed by atoms with Crippen LogP contribution in [-0.2, 0) is 9.59 Å². The molecule has 1 amide bonds. The van der Waals surface area contributed by atoms with Gasteiger partial charge in [0.15, 0.2) is 0 Å². The van der Waals surface area contributed by atoms with Crippen LogP contribution in [0.4, 0.5) is 5.82 Å². The molecular formula is C10H10N2O3. The van der Waals surface area contributed by atoms with Crippen LogP contribution in [0, 0.1) is 6.92 Å². The van der Waals surface area contributed by atoms with Crippen molar-refractivity contribution in [3.05, 3.63) is 36.0 Å². The number of carbonyl (C=O) groups excluding carboxylic acids is 1. The summed E-state index contributed by atoms with van der Waals surface area (Å²) in [4.78, 5) is 25.3. The molecule has 5 nitrogen and oxygen atoms in total. The Labute approximate surface area is 86.5 Å². The van der Waals surface area contributed by atoms with Crippen molar-refractivity contribution >= 4 is 17.7 Å². The zero-order valence-electron chi connectivity index (χ0n) is 8.10. The molecule has 0 aromatic carbocycles. The highest BCUT2D eigenvalue weighted by Gasteiger charge is 1.99. The van der Waals surface area contributed by atoms with Gasteiger partial charge < -0.3 is 10.4 Å². The first-order valence-electron chi connectivity index (χ1n) is 4.23. The van der Waals surface area contributed by atoms with Gasteiger partial charge in [0, 0.05) is 17.8 Å². The lowest BCUT2D eigenvalue weighted by Crippen LogP contribution is -2.10. The molecule has 78 valence electrons. The van der Waals surface area contributed by atoms with E-state index in [1.165, 1.54) is 0 Å². The lowest BCUT2D eigenvalue weighted by Gasteiger charge is -2.00. The zero-order valence-corrected chi connectivity index (χ0v) is 8.10. The second-order valence-corrected chi connectivity index (χ2v) is 2.83. The number of amides is 1. The number of aryl methyl sites for hydroxylation is 1. The monoisotopic (exact) mass is 206 g/mol. The Balaban J connectivity index is 2.63. The zero-order chi connectivity index (χ0) is 11.3. The van der Waals surface area contributed by atoms with E-state index >= 15 is 0 Å². The van der Waals surface area contributed by atoms with Gasteiger partial charge in [0.2, 0.25) is 5.91 Å². The molecule has 0 radical (unpaired) electrons. The molecule has 1 heterocycles. The summed E-state index contributed by atoms with van der Waals surface area (Å²) in [6.07, 6.45) is 1.71. The van der Waals surface area contributed by atoms with E-state index in [1.54, 1.807) is 25.1 Å². The van der Waals surface area contributed by atoms with E-state index < -0.39 is 11.9 Å². The summed E-state index contributed by atoms with van der Waals surface area (Å²) < 4.78 is 0. The summed E-state index contributed by atoms with van der Waals surface area (Å²) in [5.74, 6) is -1.28. The Bertz CT molecular complexity index is 413. The molecule has 0 spiro atoms. The largest absolute Gasteiger partial charge is 0.478 e. The molecule has 1 aromatic rings. The van der Waals surface area contributed by atoms with Gasteiger partial charge in [0.1, 0.15) is 5.82 Å². The number of carboxylic acid groups (broad SMARTS) is 1. The number of pyridine rings is 1. The number of aliphatic carboxylic acids is 1. The van der Waals surface area contributed by atoms with Crippen molar-refractivity contribution in [1.82, 2.24) is 4.98 Å². The maximum absolute atomic E-state index is 11.1. The first kappa shape index (κ1) is 10.9. The number of carbonyl (C=O) groups is 2. The summed E-state index contributed by atoms with van der Waals surface area (Å²) >= 11 is 0. The average molecular weight is 206 g/mol. The molecule has 1 aromatic heterocycles. The number of anilines is 1. The molecule has 0 saturated heterocycles. The van der Waals surface area contributed by atoms with Crippen molar-refractivity contribution in [3.63, 3.8) is 0 Å². The minimum absolute atomic E-state index is 0.398. The van der Waals surface area contributed by atoms with Crippen molar-refractivity contribution in [1.29, 1.82) is 0 Å². The van der Waals surface area contributed by atoms with Crippen LogP contribution in [0.2, 0.25) is 0 Å². The first-order valence-corrected chi connectivity index (χ1v) is 4.23. The number of hydrogen-bond donors (Lipinski definition) is 2. The maximum Gasteiger partial charge on any atom is 0.328 e. The van der Waals surface area contributed by atoms with Crippen LogP contribution in [0.1, 0.15) is 5.69 Å². The van der Waals surface area contributed by atoms with Crippen LogP contribution in [0.15, 0.2) is 30.4 Å². The minimum Gasteiger partial charge on any atom is -0.478 e. The molecule has 0 fully saturated rings. The molecule has 5 heteroatoms. The summed E-state index contributed by atoms with van der Waals surface area (Å²) in [6, 6.07) is 5.17. The van der Waals surface area contributed by atoms with Gasteiger partial charge in [0.05, 0.1) is 0 Å². The van der Waals surface area contributed by atoms with Gasteiger partial charge in [-0.25, -0.2) is 9.78 Å². The number of hydrogen-bond acceptors (Lipinski definition) is 3. The average Bonchev–Trinajstić information content (AvgIpc) is 2.15. The van der Waals surface area contributed by atoms with Crippen LogP contribution in [0.3, 0.4) is 0 Å². The molecule has 0 unspecified atom stereocenters. The van der Waals surface area contributed by atoms with Crippen LogP contribution in [0.5, 0.6) is 0 Å². The van der Waals surface area contributed by atoms with Gasteiger partial charge in [-0.2, -0.15) is 0 Å². The number of carboxylic acids is 1. The van der Waals surface area contributed by atoms with Gasteiger partial charge in [-0.1, -0.05) is 6.07 Å². The van der Waals surface area contributed by atoms with Crippen molar-refractivity contribution in [3.8, 4) is 0 Å². The molecule has 0 aliphatic heterocycles. The summed E-state index contributed by atoms with van der Waals surface area (Å²) in [5, 5.41) is 10.7. The van der Waals surface area contributed by atoms with E-state index in [9.17, 15) is 9.59 Å². The SMILES string of the molecule is Cc1cccc(NC(=O)C=CC(=O)O)n1. The lowest BCUT2D eigenvalue weighted by molar-refractivity contribution is -0.131. The molecule has 0 aliphatic rings. The maximum atomic E-state index is 11.1. The third-order valence-electron chi connectivity index (χ3n) is 1.52. The topological polar surface area (TPSA) is 79.3 Å². The number of nitrogens with one attached hydrogen (secondary N) is 1. The van der Waals surface area contributed by atoms with E-state index in [-0.39, 0.29) is 0 Å². The van der Waals surface area contributed by atoms with E-state index in [0.717, 1.165) is 17.8 Å². The fourth-order valence-electron chi connectivity index (χ4n) is 0.928. The Hall–Kier alpha value is -2.17. The number of aromatic nitrogens is 1. The minimum atomic E-state index is -1.16. The first-order chi connectivity index (χ1) is 7.08. The highest BCUT2D eigenvalue weighted by molar-refractivity contribution is 6.01. The molecular weight excluding hydrogens is 196 g/mol. The summed E-state index contributed by atoms with van der Waals surface area (Å²) in [6.45, 7) is 1.79. The third-order valence-corrected chi connectivity index (χ3v) is 1.52. The second kappa shape index (κ2) is 4.90. The van der Waals surface area contributed by atoms with Crippen LogP contribution in [0.25, 0.3) is 0 Å². The molecule has 0 saturated carbocycles. The van der Waals surface area contributed by atoms with Gasteiger partial charge >= 0.3 is 5.97 Å². The Kier molecular flexibility index (Phi) is 3.56. The predicted molar refractivity (Wildman–Crippen MR) is 54.4 cm³/mol. The Morgan fingerprint density at radius 2 is 2.13 bits per heavy atom. The van der Waals surface area contributed by atoms with Crippen LogP contribution < -0.4 is 5.32 Å². The fraction of sp³-hybridized carbons (Fsp3) is 0.100. The fourth-order valence-corrected chi connectivity index (χ4v) is 0.928. The molecule has 2 N–H and O–H groups in total. The smallest absolute Gasteiger partial charge is 0.328 e. The van der Waals surface area contributed by atoms with Gasteiger partial charge in [-0.15, -0.1) is 0 Å². The molecule has 0 atom stereocenters. The number of nitrogens with zero attached hydrogens (tertiary/aromatic N) is 1. The second-order valence-electron chi connectivity index (χ2n) is 2.83. The third kappa shape index (κ3) is 4.04. The predicted octanol–water partition coefficient (Wildman–Crippen LogP) is 0.969. The highest BCUT2D eigenvalue weighted by Crippen LogP contribution is 2.03. The van der Waals surface area contributed by atoms with Gasteiger partial charge in [-0.05, 0) is 19.1 Å². The van der Waals surface area contributed by atoms with Crippen molar-refractivity contribution in [2.24, 2.45) is 0 Å². The Morgan fingerprint density at radius 3 is 2.73 bits per heavy atom. The van der Waals surface area contributed by atoms with E-state index in [2.05, 4.69) is 10.3 Å². The van der Waals surface area contributed by atoms with Crippen LogP contribution >= 0.6 is 0 Å². The van der Waals surface area contributed by atoms with Crippen molar-refractivity contribution in [2.45, 2.75) is 6.92 Å². The molecule has 0 aliphatic carbocycles. The highest BCUT2D eigenvalue weighted by atomic mass is 16.4. The summed E-state index contributed by atoms with van der Waals surface area (Å²) in [5.41, 5.74) is 0.773.